The van der Waals surface area contributed by atoms with E-state index in [4.69, 9.17) is 11.6 Å². The number of aryl methyl sites for hydroxylation is 1. The van der Waals surface area contributed by atoms with E-state index in [9.17, 15) is 9.18 Å². The lowest BCUT2D eigenvalue weighted by Crippen LogP contribution is -2.25. The van der Waals surface area contributed by atoms with Crippen molar-refractivity contribution in [3.05, 3.63) is 64.4 Å². The molecule has 0 unspecified atom stereocenters. The Morgan fingerprint density at radius 2 is 2.00 bits per heavy atom. The van der Waals surface area contributed by atoms with Crippen LogP contribution in [0.2, 0.25) is 5.02 Å². The van der Waals surface area contributed by atoms with Crippen LogP contribution in [0.15, 0.2) is 47.6 Å². The summed E-state index contributed by atoms with van der Waals surface area (Å²) >= 11 is 5.84. The normalized spacial score (nSPS) is 10.7. The maximum Gasteiger partial charge on any atom is 0.259 e. The minimum Gasteiger partial charge on any atom is -0.376 e. The molecule has 0 heterocycles. The van der Waals surface area contributed by atoms with Crippen molar-refractivity contribution in [2.75, 3.05) is 11.9 Å². The van der Waals surface area contributed by atoms with E-state index in [1.54, 1.807) is 6.07 Å². The minimum atomic E-state index is -0.497. The highest BCUT2D eigenvalue weighted by Crippen LogP contribution is 2.16. The smallest absolute Gasteiger partial charge is 0.259 e. The van der Waals surface area contributed by atoms with Crippen LogP contribution in [0.1, 0.15) is 11.1 Å². The highest BCUT2D eigenvalue weighted by molar-refractivity contribution is 6.33. The fourth-order valence-electron chi connectivity index (χ4n) is 1.70. The Kier molecular flexibility index (Phi) is 5.49. The average molecular weight is 320 g/mol. The van der Waals surface area contributed by atoms with Gasteiger partial charge in [-0.05, 0) is 31.2 Å². The van der Waals surface area contributed by atoms with Crippen LogP contribution in [0.25, 0.3) is 0 Å². The highest BCUT2D eigenvalue weighted by atomic mass is 35.5. The number of nitrogens with one attached hydrogen (secondary N) is 2. The fourth-order valence-corrected chi connectivity index (χ4v) is 1.91. The molecule has 2 aromatic rings. The van der Waals surface area contributed by atoms with E-state index in [0.717, 1.165) is 11.3 Å². The van der Waals surface area contributed by atoms with E-state index >= 15 is 0 Å². The van der Waals surface area contributed by atoms with Crippen LogP contribution >= 0.6 is 11.6 Å². The van der Waals surface area contributed by atoms with Gasteiger partial charge in [0.05, 0.1) is 17.8 Å². The Balaban J connectivity index is 1.85. The van der Waals surface area contributed by atoms with Crippen LogP contribution in [0, 0.1) is 12.7 Å². The molecule has 0 fully saturated rings. The standard InChI is InChI=1S/C16H15ClFN3O/c1-11-5-7-12(8-6-11)19-10-16(22)21-20-9-13-14(17)3-2-4-15(13)18/h2-9,19H,10H2,1H3,(H,21,22). The second-order valence-corrected chi connectivity index (χ2v) is 5.06. The molecule has 0 aliphatic heterocycles. The number of hydrogen-bond donors (Lipinski definition) is 2. The molecule has 0 aromatic heterocycles. The molecule has 2 N–H and O–H groups in total. The molecule has 0 saturated heterocycles. The first-order chi connectivity index (χ1) is 10.6. The van der Waals surface area contributed by atoms with Crippen LogP contribution in [0.5, 0.6) is 0 Å². The maximum atomic E-state index is 13.5. The van der Waals surface area contributed by atoms with Gasteiger partial charge < -0.3 is 5.32 Å². The lowest BCUT2D eigenvalue weighted by molar-refractivity contribution is -0.119. The highest BCUT2D eigenvalue weighted by Gasteiger charge is 2.04. The summed E-state index contributed by atoms with van der Waals surface area (Å²) in [6.07, 6.45) is 1.18. The second-order valence-electron chi connectivity index (χ2n) is 4.65. The topological polar surface area (TPSA) is 53.5 Å². The molecule has 2 rings (SSSR count). The number of anilines is 1. The zero-order valence-electron chi connectivity index (χ0n) is 11.9. The van der Waals surface area contributed by atoms with Gasteiger partial charge in [0.25, 0.3) is 5.91 Å². The molecule has 22 heavy (non-hydrogen) atoms. The van der Waals surface area contributed by atoms with Crippen LogP contribution in [0.4, 0.5) is 10.1 Å². The number of halogens is 2. The van der Waals surface area contributed by atoms with Gasteiger partial charge in [-0.3, -0.25) is 4.79 Å². The van der Waals surface area contributed by atoms with E-state index in [1.165, 1.54) is 18.3 Å². The number of rotatable bonds is 5. The van der Waals surface area contributed by atoms with Gasteiger partial charge in [-0.2, -0.15) is 5.10 Å². The minimum absolute atomic E-state index is 0.0609. The molecule has 0 atom stereocenters. The number of carbonyl (C=O) groups excluding carboxylic acids is 1. The first-order valence-corrected chi connectivity index (χ1v) is 7.00. The number of amides is 1. The molecule has 1 amide bonds. The van der Waals surface area contributed by atoms with Crippen molar-refractivity contribution in [3.63, 3.8) is 0 Å². The number of hydrazone groups is 1. The summed E-state index contributed by atoms with van der Waals surface area (Å²) in [4.78, 5) is 11.6. The van der Waals surface area contributed by atoms with Crippen molar-refractivity contribution in [3.8, 4) is 0 Å². The molecule has 0 radical (unpaired) electrons. The van der Waals surface area contributed by atoms with Crippen molar-refractivity contribution < 1.29 is 9.18 Å². The van der Waals surface area contributed by atoms with Crippen molar-refractivity contribution in [1.29, 1.82) is 0 Å². The van der Waals surface area contributed by atoms with E-state index in [2.05, 4.69) is 15.8 Å². The van der Waals surface area contributed by atoms with E-state index < -0.39 is 5.82 Å². The SMILES string of the molecule is Cc1ccc(NCC(=O)NN=Cc2c(F)cccc2Cl)cc1. The Labute approximate surface area is 133 Å². The van der Waals surface area contributed by atoms with E-state index in [-0.39, 0.29) is 23.0 Å². The first-order valence-electron chi connectivity index (χ1n) is 6.63. The third kappa shape index (κ3) is 4.56. The van der Waals surface area contributed by atoms with Gasteiger partial charge in [0.2, 0.25) is 0 Å². The number of nitrogens with zero attached hydrogens (tertiary/aromatic N) is 1. The van der Waals surface area contributed by atoms with Gasteiger partial charge in [-0.15, -0.1) is 0 Å². The van der Waals surface area contributed by atoms with Crippen molar-refractivity contribution in [1.82, 2.24) is 5.43 Å². The van der Waals surface area contributed by atoms with Crippen LogP contribution in [-0.4, -0.2) is 18.7 Å². The third-order valence-corrected chi connectivity index (χ3v) is 3.22. The third-order valence-electron chi connectivity index (χ3n) is 2.89. The molecule has 6 heteroatoms. The monoisotopic (exact) mass is 319 g/mol. The Morgan fingerprint density at radius 1 is 1.27 bits per heavy atom. The number of carbonyl (C=O) groups is 1. The van der Waals surface area contributed by atoms with Gasteiger partial charge in [0.15, 0.2) is 0 Å². The summed E-state index contributed by atoms with van der Waals surface area (Å²) < 4.78 is 13.5. The first kappa shape index (κ1) is 16.0. The molecular weight excluding hydrogens is 305 g/mol. The van der Waals surface area contributed by atoms with Crippen LogP contribution in [-0.2, 0) is 4.79 Å². The lowest BCUT2D eigenvalue weighted by atomic mass is 10.2. The predicted octanol–water partition coefficient (Wildman–Crippen LogP) is 3.35. The van der Waals surface area contributed by atoms with Crippen LogP contribution in [0.3, 0.4) is 0 Å². The molecule has 4 nitrogen and oxygen atoms in total. The average Bonchev–Trinajstić information content (AvgIpc) is 2.50. The quantitative estimate of drug-likeness (QED) is 0.656. The van der Waals surface area contributed by atoms with Crippen molar-refractivity contribution in [2.24, 2.45) is 5.10 Å². The molecule has 0 aliphatic rings. The van der Waals surface area contributed by atoms with Gasteiger partial charge in [-0.1, -0.05) is 35.4 Å². The van der Waals surface area contributed by atoms with Crippen molar-refractivity contribution in [2.45, 2.75) is 6.92 Å². The summed E-state index contributed by atoms with van der Waals surface area (Å²) in [6.45, 7) is 2.05. The number of hydrogen-bond acceptors (Lipinski definition) is 3. The Hall–Kier alpha value is -2.40. The summed E-state index contributed by atoms with van der Waals surface area (Å²) in [5.41, 5.74) is 4.42. The summed E-state index contributed by atoms with van der Waals surface area (Å²) in [5, 5.41) is 6.89. The maximum absolute atomic E-state index is 13.5. The lowest BCUT2D eigenvalue weighted by Gasteiger charge is -2.05. The van der Waals surface area contributed by atoms with Gasteiger partial charge >= 0.3 is 0 Å². The van der Waals surface area contributed by atoms with Gasteiger partial charge in [-0.25, -0.2) is 9.82 Å². The fraction of sp³-hybridized carbons (Fsp3) is 0.125. The molecule has 2 aromatic carbocycles. The van der Waals surface area contributed by atoms with Crippen molar-refractivity contribution >= 4 is 29.4 Å². The summed E-state index contributed by atoms with van der Waals surface area (Å²) in [5.74, 6) is -0.840. The number of benzene rings is 2. The van der Waals surface area contributed by atoms with E-state index in [0.29, 0.717) is 0 Å². The van der Waals surface area contributed by atoms with Crippen LogP contribution < -0.4 is 10.7 Å². The molecule has 0 aliphatic carbocycles. The zero-order chi connectivity index (χ0) is 15.9. The molecule has 0 saturated carbocycles. The van der Waals surface area contributed by atoms with Gasteiger partial charge in [0.1, 0.15) is 5.82 Å². The summed E-state index contributed by atoms with van der Waals surface area (Å²) in [6, 6.07) is 12.0. The molecular formula is C16H15ClFN3O. The van der Waals surface area contributed by atoms with E-state index in [1.807, 2.05) is 31.2 Å². The molecule has 0 bridgehead atoms. The Morgan fingerprint density at radius 3 is 2.68 bits per heavy atom. The largest absolute Gasteiger partial charge is 0.376 e. The summed E-state index contributed by atoms with van der Waals surface area (Å²) in [7, 11) is 0. The molecule has 0 spiro atoms. The predicted molar refractivity (Wildman–Crippen MR) is 86.8 cm³/mol. The molecule has 114 valence electrons. The zero-order valence-corrected chi connectivity index (χ0v) is 12.7. The van der Waals surface area contributed by atoms with Gasteiger partial charge in [0, 0.05) is 11.3 Å². The Bertz CT molecular complexity index is 666. The second kappa shape index (κ2) is 7.56.